The number of hydrogen-bond donors (Lipinski definition) is 0. The quantitative estimate of drug-likeness (QED) is 0.360. The van der Waals surface area contributed by atoms with Crippen LogP contribution in [0.2, 0.25) is 12.6 Å². The summed E-state index contributed by atoms with van der Waals surface area (Å²) in [6.07, 6.45) is 1.40. The monoisotopic (exact) mass is 349 g/mol. The van der Waals surface area contributed by atoms with E-state index in [-0.39, 0.29) is 9.52 Å². The number of benzene rings is 1. The third-order valence-corrected chi connectivity index (χ3v) is 11.2. The summed E-state index contributed by atoms with van der Waals surface area (Å²) in [6, 6.07) is 9.83. The second kappa shape index (κ2) is 8.81. The Labute approximate surface area is 130 Å². The van der Waals surface area contributed by atoms with Crippen molar-refractivity contribution in [2.24, 2.45) is 0 Å². The Morgan fingerprint density at radius 3 is 3.00 bits per heavy atom. The summed E-state index contributed by atoms with van der Waals surface area (Å²) in [5, 5.41) is 0. The third-order valence-electron chi connectivity index (χ3n) is 2.29. The van der Waals surface area contributed by atoms with Gasteiger partial charge >= 0.3 is 0 Å². The zero-order valence-electron chi connectivity index (χ0n) is 10.1. The van der Waals surface area contributed by atoms with Crippen molar-refractivity contribution in [3.63, 3.8) is 0 Å². The van der Waals surface area contributed by atoms with Gasteiger partial charge in [-0.2, -0.15) is 0 Å². The SMILES string of the molecule is C[SiH2]CCCSSSSc1nc2ccccc2s1. The lowest BCUT2D eigenvalue weighted by molar-refractivity contribution is 1.10. The molecular formula is C11H15NS5Si. The largest absolute Gasteiger partial charge is 0.229 e. The Kier molecular flexibility index (Phi) is 7.40. The molecule has 0 fully saturated rings. The molecule has 0 radical (unpaired) electrons. The third kappa shape index (κ3) is 5.01. The van der Waals surface area contributed by atoms with Gasteiger partial charge in [-0.1, -0.05) is 35.5 Å². The Morgan fingerprint density at radius 2 is 2.17 bits per heavy atom. The Balaban J connectivity index is 1.67. The highest BCUT2D eigenvalue weighted by Crippen LogP contribution is 2.48. The van der Waals surface area contributed by atoms with Crippen molar-refractivity contribution < 1.29 is 0 Å². The Bertz CT molecular complexity index is 442. The van der Waals surface area contributed by atoms with E-state index in [1.54, 1.807) is 22.1 Å². The van der Waals surface area contributed by atoms with E-state index in [1.165, 1.54) is 22.9 Å². The van der Waals surface area contributed by atoms with E-state index in [0.29, 0.717) is 0 Å². The van der Waals surface area contributed by atoms with E-state index < -0.39 is 0 Å². The Morgan fingerprint density at radius 1 is 1.28 bits per heavy atom. The molecule has 1 heterocycles. The number of nitrogens with zero attached hydrogens (tertiary/aromatic N) is 1. The highest BCUT2D eigenvalue weighted by atomic mass is 33.7. The smallest absolute Gasteiger partial charge is 0.162 e. The highest BCUT2D eigenvalue weighted by Gasteiger charge is 2.04. The van der Waals surface area contributed by atoms with Crippen molar-refractivity contribution in [2.45, 2.75) is 23.4 Å². The fourth-order valence-corrected chi connectivity index (χ4v) is 9.91. The predicted octanol–water partition coefficient (Wildman–Crippen LogP) is 5.36. The molecule has 1 aromatic heterocycles. The fourth-order valence-electron chi connectivity index (χ4n) is 1.39. The van der Waals surface area contributed by atoms with Crippen LogP contribution in [0.25, 0.3) is 10.2 Å². The van der Waals surface area contributed by atoms with E-state index in [2.05, 4.69) is 29.7 Å². The Hall–Kier alpha value is 0.727. The normalized spacial score (nSPS) is 11.8. The number of fused-ring (bicyclic) bond motifs is 1. The van der Waals surface area contributed by atoms with Crippen molar-refractivity contribution in [1.29, 1.82) is 0 Å². The van der Waals surface area contributed by atoms with E-state index in [1.807, 2.05) is 36.5 Å². The summed E-state index contributed by atoms with van der Waals surface area (Å²) in [7, 11) is 7.76. The molecule has 1 nitrogen and oxygen atoms in total. The van der Waals surface area contributed by atoms with Gasteiger partial charge in [0, 0.05) is 15.3 Å². The second-order valence-corrected chi connectivity index (χ2v) is 12.6. The molecule has 0 atom stereocenters. The van der Waals surface area contributed by atoms with Gasteiger partial charge in [0.1, 0.15) is 0 Å². The topological polar surface area (TPSA) is 12.9 Å². The minimum atomic E-state index is 0.275. The lowest BCUT2D eigenvalue weighted by atomic mass is 10.3. The van der Waals surface area contributed by atoms with Gasteiger partial charge < -0.3 is 0 Å². The maximum atomic E-state index is 4.60. The number of rotatable bonds is 8. The molecule has 0 amide bonds. The van der Waals surface area contributed by atoms with E-state index >= 15 is 0 Å². The molecule has 7 heteroatoms. The molecular weight excluding hydrogens is 335 g/mol. The van der Waals surface area contributed by atoms with Crippen LogP contribution >= 0.6 is 52.6 Å². The van der Waals surface area contributed by atoms with Crippen molar-refractivity contribution in [2.75, 3.05) is 5.75 Å². The summed E-state index contributed by atoms with van der Waals surface area (Å²) in [6.45, 7) is 2.38. The van der Waals surface area contributed by atoms with Crippen LogP contribution in [0.3, 0.4) is 0 Å². The minimum absolute atomic E-state index is 0.275. The van der Waals surface area contributed by atoms with Crippen molar-refractivity contribution in [3.05, 3.63) is 24.3 Å². The first kappa shape index (κ1) is 15.1. The number of hydrogen-bond acceptors (Lipinski definition) is 6. The highest BCUT2D eigenvalue weighted by molar-refractivity contribution is 9.26. The second-order valence-electron chi connectivity index (χ2n) is 3.70. The van der Waals surface area contributed by atoms with Crippen LogP contribution in [-0.2, 0) is 0 Å². The maximum Gasteiger partial charge on any atom is 0.162 e. The van der Waals surface area contributed by atoms with Gasteiger partial charge in [-0.05, 0) is 49.0 Å². The van der Waals surface area contributed by atoms with Crippen LogP contribution < -0.4 is 0 Å². The van der Waals surface area contributed by atoms with Gasteiger partial charge in [0.15, 0.2) is 4.34 Å². The van der Waals surface area contributed by atoms with Crippen molar-refractivity contribution in [3.8, 4) is 0 Å². The van der Waals surface area contributed by atoms with Gasteiger partial charge in [-0.25, -0.2) is 4.98 Å². The summed E-state index contributed by atoms with van der Waals surface area (Å²) in [4.78, 5) is 4.60. The summed E-state index contributed by atoms with van der Waals surface area (Å²) >= 11 is 1.78. The first-order valence-electron chi connectivity index (χ1n) is 5.88. The number of para-hydroxylation sites is 1. The van der Waals surface area contributed by atoms with E-state index in [9.17, 15) is 0 Å². The zero-order valence-corrected chi connectivity index (χ0v) is 15.6. The van der Waals surface area contributed by atoms with E-state index in [4.69, 9.17) is 0 Å². The first-order valence-corrected chi connectivity index (χ1v) is 14.1. The molecule has 0 bridgehead atoms. The molecule has 98 valence electrons. The van der Waals surface area contributed by atoms with E-state index in [0.717, 1.165) is 9.86 Å². The number of thiazole rings is 1. The maximum absolute atomic E-state index is 4.60. The molecule has 18 heavy (non-hydrogen) atoms. The van der Waals surface area contributed by atoms with Gasteiger partial charge in [-0.3, -0.25) is 0 Å². The standard InChI is InChI=1S/C11H15NS5Si/c1-18-8-4-7-13-16-17-15-11-12-9-5-2-3-6-10(9)14-11/h2-3,5-6H,4,7-8,18H2,1H3. The molecule has 0 N–H and O–H groups in total. The molecule has 0 unspecified atom stereocenters. The van der Waals surface area contributed by atoms with Crippen LogP contribution in [0.1, 0.15) is 6.42 Å². The van der Waals surface area contributed by atoms with Gasteiger partial charge in [0.2, 0.25) is 0 Å². The van der Waals surface area contributed by atoms with Crippen LogP contribution in [0.5, 0.6) is 0 Å². The lowest BCUT2D eigenvalue weighted by Crippen LogP contribution is -1.81. The molecule has 0 saturated heterocycles. The fraction of sp³-hybridized carbons (Fsp3) is 0.364. The molecule has 0 aliphatic carbocycles. The van der Waals surface area contributed by atoms with Crippen LogP contribution in [0.15, 0.2) is 28.6 Å². The molecule has 0 spiro atoms. The summed E-state index contributed by atoms with van der Waals surface area (Å²) < 4.78 is 2.45. The van der Waals surface area contributed by atoms with Gasteiger partial charge in [0.05, 0.1) is 10.2 Å². The average molecular weight is 350 g/mol. The van der Waals surface area contributed by atoms with Gasteiger partial charge in [0.25, 0.3) is 0 Å². The molecule has 2 aromatic rings. The molecule has 1 aromatic carbocycles. The first-order chi connectivity index (χ1) is 8.90. The van der Waals surface area contributed by atoms with Gasteiger partial charge in [-0.15, -0.1) is 11.3 Å². The van der Waals surface area contributed by atoms with Crippen LogP contribution in [0.4, 0.5) is 0 Å². The summed E-state index contributed by atoms with van der Waals surface area (Å²) in [5.74, 6) is 1.29. The molecule has 2 rings (SSSR count). The van der Waals surface area contributed by atoms with Crippen LogP contribution in [-0.4, -0.2) is 20.3 Å². The average Bonchev–Trinajstić information content (AvgIpc) is 2.80. The lowest BCUT2D eigenvalue weighted by Gasteiger charge is -1.97. The molecule has 0 saturated carbocycles. The van der Waals surface area contributed by atoms with Crippen molar-refractivity contribution in [1.82, 2.24) is 4.98 Å². The number of aromatic nitrogens is 1. The predicted molar refractivity (Wildman–Crippen MR) is 96.9 cm³/mol. The van der Waals surface area contributed by atoms with Crippen LogP contribution in [0, 0.1) is 0 Å². The zero-order chi connectivity index (χ0) is 12.6. The summed E-state index contributed by atoms with van der Waals surface area (Å²) in [5.41, 5.74) is 1.12. The molecule has 0 aliphatic rings. The molecule has 0 aliphatic heterocycles. The van der Waals surface area contributed by atoms with Crippen molar-refractivity contribution >= 4 is 72.3 Å². The minimum Gasteiger partial charge on any atom is -0.229 e.